The molecule has 4 atom stereocenters. The van der Waals surface area contributed by atoms with E-state index < -0.39 is 42.8 Å². The first-order valence-electron chi connectivity index (χ1n) is 8.98. The van der Waals surface area contributed by atoms with E-state index in [0.717, 1.165) is 0 Å². The molecule has 0 spiro atoms. The van der Waals surface area contributed by atoms with Crippen molar-refractivity contribution in [1.82, 2.24) is 31.7 Å². The van der Waals surface area contributed by atoms with E-state index in [0.29, 0.717) is 11.1 Å². The molecule has 12 heteroatoms. The minimum absolute atomic E-state index is 0.163. The van der Waals surface area contributed by atoms with Crippen LogP contribution in [0.2, 0.25) is 0 Å². The molecule has 8 N–H and O–H groups in total. The molecule has 0 aliphatic carbocycles. The molecule has 0 aromatic carbocycles. The highest BCUT2D eigenvalue weighted by Crippen LogP contribution is 2.05. The highest BCUT2D eigenvalue weighted by molar-refractivity contribution is 5.94. The second-order valence-electron chi connectivity index (χ2n) is 6.24. The highest BCUT2D eigenvalue weighted by Gasteiger charge is 2.31. The van der Waals surface area contributed by atoms with Crippen LogP contribution in [0, 0.1) is 0 Å². The van der Waals surface area contributed by atoms with Gasteiger partial charge in [-0.25, -0.2) is 10.9 Å². The van der Waals surface area contributed by atoms with Crippen molar-refractivity contribution in [2.45, 2.75) is 24.4 Å². The smallest absolute Gasteiger partial charge is 0.265 e. The maximum absolute atomic E-state index is 12.2. The molecular formula is C18H24N6O6. The fourth-order valence-corrected chi connectivity index (χ4v) is 2.38. The van der Waals surface area contributed by atoms with Gasteiger partial charge in [-0.05, 0) is 24.3 Å². The van der Waals surface area contributed by atoms with Crippen molar-refractivity contribution >= 4 is 11.8 Å². The average molecular weight is 420 g/mol. The second kappa shape index (κ2) is 11.9. The van der Waals surface area contributed by atoms with Gasteiger partial charge < -0.3 is 20.4 Å². The van der Waals surface area contributed by atoms with Crippen LogP contribution in [0.25, 0.3) is 0 Å². The van der Waals surface area contributed by atoms with Gasteiger partial charge in [0.05, 0.1) is 12.6 Å². The molecule has 0 radical (unpaired) electrons. The number of aliphatic hydroxyl groups excluding tert-OH is 4. The van der Waals surface area contributed by atoms with Crippen molar-refractivity contribution in [3.8, 4) is 0 Å². The van der Waals surface area contributed by atoms with Crippen LogP contribution < -0.4 is 21.7 Å². The van der Waals surface area contributed by atoms with E-state index >= 15 is 0 Å². The van der Waals surface area contributed by atoms with Gasteiger partial charge in [0.1, 0.15) is 18.3 Å². The van der Waals surface area contributed by atoms with Crippen LogP contribution in [-0.4, -0.2) is 79.7 Å². The van der Waals surface area contributed by atoms with Crippen LogP contribution in [0.15, 0.2) is 49.1 Å². The molecule has 0 bridgehead atoms. The van der Waals surface area contributed by atoms with Gasteiger partial charge in [-0.3, -0.25) is 30.4 Å². The molecule has 12 nitrogen and oxygen atoms in total. The normalized spacial score (nSPS) is 14.9. The summed E-state index contributed by atoms with van der Waals surface area (Å²) in [7, 11) is 0. The van der Waals surface area contributed by atoms with Crippen molar-refractivity contribution < 1.29 is 30.0 Å². The molecule has 2 amide bonds. The molecule has 0 saturated carbocycles. The lowest BCUT2D eigenvalue weighted by Crippen LogP contribution is -2.60. The number of hydrazine groups is 2. The molecule has 2 heterocycles. The van der Waals surface area contributed by atoms with Crippen molar-refractivity contribution in [3.05, 3.63) is 60.2 Å². The monoisotopic (exact) mass is 420 g/mol. The standard InChI is InChI=1S/C18H24N6O6/c25-10-14(26)16(28)15(27)13(22-24-18(30)12-3-7-20-8-4-12)9-21-23-17(29)11-1-5-19-6-2-11/h1-8,13-16,21-22,25-28H,9-10H2,(H,23,29)(H,24,30). The summed E-state index contributed by atoms with van der Waals surface area (Å²) >= 11 is 0. The summed E-state index contributed by atoms with van der Waals surface area (Å²) < 4.78 is 0. The van der Waals surface area contributed by atoms with Crippen molar-refractivity contribution in [3.63, 3.8) is 0 Å². The quantitative estimate of drug-likeness (QED) is 0.175. The van der Waals surface area contributed by atoms with Gasteiger partial charge in [-0.15, -0.1) is 0 Å². The predicted octanol–water partition coefficient (Wildman–Crippen LogP) is -2.91. The number of hydrogen-bond acceptors (Lipinski definition) is 10. The number of pyridine rings is 2. The Hall–Kier alpha value is -3.00. The van der Waals surface area contributed by atoms with E-state index in [9.17, 15) is 24.9 Å². The van der Waals surface area contributed by atoms with E-state index in [1.807, 2.05) is 0 Å². The molecule has 162 valence electrons. The first kappa shape index (κ1) is 23.3. The summed E-state index contributed by atoms with van der Waals surface area (Å²) in [6.45, 7) is -0.940. The first-order valence-corrected chi connectivity index (χ1v) is 8.98. The highest BCUT2D eigenvalue weighted by atomic mass is 16.4. The number of aromatic nitrogens is 2. The van der Waals surface area contributed by atoms with Crippen molar-refractivity contribution in [2.75, 3.05) is 13.2 Å². The molecule has 0 saturated heterocycles. The maximum atomic E-state index is 12.2. The lowest BCUT2D eigenvalue weighted by atomic mass is 10.0. The van der Waals surface area contributed by atoms with Gasteiger partial charge in [-0.2, -0.15) is 0 Å². The zero-order valence-corrected chi connectivity index (χ0v) is 15.8. The Balaban J connectivity index is 1.97. The number of hydrogen-bond donors (Lipinski definition) is 8. The Morgan fingerprint density at radius 3 is 1.83 bits per heavy atom. The number of rotatable bonds is 11. The number of carbonyl (C=O) groups is 2. The van der Waals surface area contributed by atoms with Crippen LogP contribution in [0.3, 0.4) is 0 Å². The van der Waals surface area contributed by atoms with E-state index in [2.05, 4.69) is 31.7 Å². The Bertz CT molecular complexity index is 796. The van der Waals surface area contributed by atoms with Gasteiger partial charge >= 0.3 is 0 Å². The van der Waals surface area contributed by atoms with Crippen LogP contribution in [0.4, 0.5) is 0 Å². The molecule has 2 rings (SSSR count). The molecule has 2 aromatic rings. The van der Waals surface area contributed by atoms with Gasteiger partial charge in [0.2, 0.25) is 0 Å². The second-order valence-corrected chi connectivity index (χ2v) is 6.24. The molecular weight excluding hydrogens is 396 g/mol. The van der Waals surface area contributed by atoms with Gasteiger partial charge in [-0.1, -0.05) is 0 Å². The van der Waals surface area contributed by atoms with E-state index in [4.69, 9.17) is 5.11 Å². The summed E-state index contributed by atoms with van der Waals surface area (Å²) in [5.41, 5.74) is 10.5. The molecule has 30 heavy (non-hydrogen) atoms. The Kier molecular flexibility index (Phi) is 9.21. The Morgan fingerprint density at radius 2 is 1.33 bits per heavy atom. The minimum Gasteiger partial charge on any atom is -0.394 e. The number of carbonyl (C=O) groups excluding carboxylic acids is 2. The Labute approximate surface area is 171 Å². The van der Waals surface area contributed by atoms with Gasteiger partial charge in [0, 0.05) is 42.5 Å². The molecule has 0 aliphatic rings. The summed E-state index contributed by atoms with van der Waals surface area (Å²) in [6, 6.07) is 4.88. The molecule has 0 fully saturated rings. The maximum Gasteiger partial charge on any atom is 0.265 e. The molecule has 2 aromatic heterocycles. The van der Waals surface area contributed by atoms with E-state index in [1.165, 1.54) is 49.1 Å². The SMILES string of the molecule is O=C(NNCC(NNC(=O)c1ccncc1)C(O)C(O)C(O)CO)c1ccncc1. The number of amides is 2. The van der Waals surface area contributed by atoms with E-state index in [-0.39, 0.29) is 6.54 Å². The zero-order valence-electron chi connectivity index (χ0n) is 15.8. The lowest BCUT2D eigenvalue weighted by molar-refractivity contribution is -0.0878. The van der Waals surface area contributed by atoms with Crippen LogP contribution in [-0.2, 0) is 0 Å². The van der Waals surface area contributed by atoms with Crippen LogP contribution >= 0.6 is 0 Å². The third-order valence-corrected chi connectivity index (χ3v) is 4.12. The third kappa shape index (κ3) is 6.81. The first-order chi connectivity index (χ1) is 14.4. The lowest BCUT2D eigenvalue weighted by Gasteiger charge is -2.30. The third-order valence-electron chi connectivity index (χ3n) is 4.12. The van der Waals surface area contributed by atoms with E-state index in [1.54, 1.807) is 0 Å². The van der Waals surface area contributed by atoms with Crippen molar-refractivity contribution in [1.29, 1.82) is 0 Å². The Morgan fingerprint density at radius 1 is 0.833 bits per heavy atom. The largest absolute Gasteiger partial charge is 0.394 e. The molecule has 0 aliphatic heterocycles. The van der Waals surface area contributed by atoms with Gasteiger partial charge in [0.25, 0.3) is 11.8 Å². The topological polar surface area (TPSA) is 189 Å². The number of aliphatic hydroxyl groups is 4. The molecule has 4 unspecified atom stereocenters. The van der Waals surface area contributed by atoms with Crippen LogP contribution in [0.1, 0.15) is 20.7 Å². The van der Waals surface area contributed by atoms with Crippen LogP contribution in [0.5, 0.6) is 0 Å². The fourth-order valence-electron chi connectivity index (χ4n) is 2.38. The predicted molar refractivity (Wildman–Crippen MR) is 103 cm³/mol. The van der Waals surface area contributed by atoms with Crippen molar-refractivity contribution in [2.24, 2.45) is 0 Å². The van der Waals surface area contributed by atoms with Gasteiger partial charge in [0.15, 0.2) is 0 Å². The summed E-state index contributed by atoms with van der Waals surface area (Å²) in [6.07, 6.45) is 0.816. The fraction of sp³-hybridized carbons (Fsp3) is 0.333. The summed E-state index contributed by atoms with van der Waals surface area (Å²) in [5, 5.41) is 38.9. The zero-order chi connectivity index (χ0) is 21.9. The average Bonchev–Trinajstić information content (AvgIpc) is 2.80. The summed E-state index contributed by atoms with van der Waals surface area (Å²) in [5.74, 6) is -1.00. The number of nitrogens with zero attached hydrogens (tertiary/aromatic N) is 2. The minimum atomic E-state index is -1.72. The number of nitrogens with one attached hydrogen (secondary N) is 4. The summed E-state index contributed by atoms with van der Waals surface area (Å²) in [4.78, 5) is 31.8.